The summed E-state index contributed by atoms with van der Waals surface area (Å²) in [6.07, 6.45) is -0.0759. The summed E-state index contributed by atoms with van der Waals surface area (Å²) in [5.74, 6) is -1.36. The van der Waals surface area contributed by atoms with Crippen LogP contribution in [0.3, 0.4) is 0 Å². The quantitative estimate of drug-likeness (QED) is 0.646. The molecule has 0 heterocycles. The summed E-state index contributed by atoms with van der Waals surface area (Å²) in [5.41, 5.74) is 0. The van der Waals surface area contributed by atoms with E-state index in [2.05, 4.69) is 0 Å². The van der Waals surface area contributed by atoms with Crippen LogP contribution in [0, 0.1) is 5.92 Å². The fourth-order valence-electron chi connectivity index (χ4n) is 0.988. The molecule has 0 aliphatic rings. The monoisotopic (exact) mass is 173 g/mol. The van der Waals surface area contributed by atoms with Crippen LogP contribution in [-0.4, -0.2) is 42.4 Å². The number of ketones is 1. The number of hydrogen-bond acceptors (Lipinski definition) is 3. The average Bonchev–Trinajstić information content (AvgIpc) is 1.83. The van der Waals surface area contributed by atoms with Gasteiger partial charge in [0.25, 0.3) is 0 Å². The van der Waals surface area contributed by atoms with Crippen molar-refractivity contribution in [1.82, 2.24) is 4.90 Å². The van der Waals surface area contributed by atoms with Crippen molar-refractivity contribution in [1.29, 1.82) is 0 Å². The first-order chi connectivity index (χ1) is 5.43. The van der Waals surface area contributed by atoms with Crippen molar-refractivity contribution in [3.05, 3.63) is 0 Å². The van der Waals surface area contributed by atoms with E-state index in [0.717, 1.165) is 0 Å². The van der Waals surface area contributed by atoms with Gasteiger partial charge in [0, 0.05) is 12.5 Å². The molecule has 0 aliphatic carbocycles. The Labute approximate surface area is 72.2 Å². The zero-order valence-electron chi connectivity index (χ0n) is 7.70. The maximum Gasteiger partial charge on any atom is 0.304 e. The molecule has 12 heavy (non-hydrogen) atoms. The zero-order chi connectivity index (χ0) is 9.72. The summed E-state index contributed by atoms with van der Waals surface area (Å²) in [6.45, 7) is 1.93. The van der Waals surface area contributed by atoms with Gasteiger partial charge in [0.05, 0.1) is 6.42 Å². The highest BCUT2D eigenvalue weighted by Crippen LogP contribution is 2.05. The van der Waals surface area contributed by atoms with Crippen LogP contribution in [0.2, 0.25) is 0 Å². The topological polar surface area (TPSA) is 57.6 Å². The molecule has 0 aromatic rings. The van der Waals surface area contributed by atoms with Gasteiger partial charge in [0.2, 0.25) is 0 Å². The summed E-state index contributed by atoms with van der Waals surface area (Å²) in [7, 11) is 3.63. The van der Waals surface area contributed by atoms with Crippen LogP contribution >= 0.6 is 0 Å². The van der Waals surface area contributed by atoms with Crippen LogP contribution in [0.5, 0.6) is 0 Å². The van der Waals surface area contributed by atoms with Crippen LogP contribution in [0.25, 0.3) is 0 Å². The molecule has 0 saturated heterocycles. The summed E-state index contributed by atoms with van der Waals surface area (Å²) in [4.78, 5) is 23.1. The average molecular weight is 173 g/mol. The lowest BCUT2D eigenvalue weighted by atomic mass is 10.0. The van der Waals surface area contributed by atoms with E-state index in [4.69, 9.17) is 5.11 Å². The van der Waals surface area contributed by atoms with Crippen LogP contribution in [0.4, 0.5) is 0 Å². The van der Waals surface area contributed by atoms with Gasteiger partial charge in [-0.3, -0.25) is 9.59 Å². The van der Waals surface area contributed by atoms with Crippen molar-refractivity contribution in [2.75, 3.05) is 20.6 Å². The van der Waals surface area contributed by atoms with Gasteiger partial charge >= 0.3 is 5.97 Å². The molecule has 0 spiro atoms. The molecule has 4 nitrogen and oxygen atoms in total. The van der Waals surface area contributed by atoms with Gasteiger partial charge < -0.3 is 10.0 Å². The first kappa shape index (κ1) is 11.1. The van der Waals surface area contributed by atoms with Crippen LogP contribution in [0.15, 0.2) is 0 Å². The molecule has 0 saturated carbocycles. The molecule has 0 aliphatic heterocycles. The van der Waals surface area contributed by atoms with Crippen molar-refractivity contribution in [2.24, 2.45) is 5.92 Å². The number of carbonyl (C=O) groups is 2. The number of carboxylic acid groups (broad SMARTS) is 1. The van der Waals surface area contributed by atoms with Crippen LogP contribution < -0.4 is 0 Å². The molecular weight excluding hydrogens is 158 g/mol. The summed E-state index contributed by atoms with van der Waals surface area (Å²) < 4.78 is 0. The standard InChI is InChI=1S/C8H15NO3/c1-6(10)7(4-8(11)12)5-9(2)3/h7H,4-5H2,1-3H3,(H,11,12). The molecule has 1 atom stereocenters. The fourth-order valence-corrected chi connectivity index (χ4v) is 0.988. The second-order valence-electron chi connectivity index (χ2n) is 3.17. The van der Waals surface area contributed by atoms with Crippen molar-refractivity contribution in [3.63, 3.8) is 0 Å². The van der Waals surface area contributed by atoms with E-state index in [1.165, 1.54) is 6.92 Å². The van der Waals surface area contributed by atoms with Gasteiger partial charge in [-0.25, -0.2) is 0 Å². The highest BCUT2D eigenvalue weighted by Gasteiger charge is 2.18. The minimum absolute atomic E-state index is 0.0638. The summed E-state index contributed by atoms with van der Waals surface area (Å²) in [5, 5.41) is 8.47. The third kappa shape index (κ3) is 4.85. The lowest BCUT2D eigenvalue weighted by molar-refractivity contribution is -0.140. The minimum Gasteiger partial charge on any atom is -0.481 e. The van der Waals surface area contributed by atoms with E-state index < -0.39 is 5.97 Å². The van der Waals surface area contributed by atoms with Crippen molar-refractivity contribution < 1.29 is 14.7 Å². The van der Waals surface area contributed by atoms with Gasteiger partial charge in [-0.2, -0.15) is 0 Å². The molecule has 0 amide bonds. The first-order valence-electron chi connectivity index (χ1n) is 3.80. The molecule has 4 heteroatoms. The van der Waals surface area contributed by atoms with E-state index in [9.17, 15) is 9.59 Å². The number of rotatable bonds is 5. The fraction of sp³-hybridized carbons (Fsp3) is 0.750. The largest absolute Gasteiger partial charge is 0.481 e. The van der Waals surface area contributed by atoms with E-state index in [-0.39, 0.29) is 18.1 Å². The molecule has 1 N–H and O–H groups in total. The number of nitrogens with zero attached hydrogens (tertiary/aromatic N) is 1. The molecular formula is C8H15NO3. The third-order valence-corrected chi connectivity index (χ3v) is 1.58. The summed E-state index contributed by atoms with van der Waals surface area (Å²) >= 11 is 0. The maximum atomic E-state index is 10.9. The lowest BCUT2D eigenvalue weighted by Crippen LogP contribution is -2.28. The number of aliphatic carboxylic acids is 1. The van der Waals surface area contributed by atoms with Crippen molar-refractivity contribution >= 4 is 11.8 Å². The molecule has 0 fully saturated rings. The normalized spacial score (nSPS) is 13.0. The van der Waals surface area contributed by atoms with Crippen LogP contribution in [0.1, 0.15) is 13.3 Å². The highest BCUT2D eigenvalue weighted by atomic mass is 16.4. The SMILES string of the molecule is CC(=O)C(CC(=O)O)CN(C)C. The molecule has 0 bridgehead atoms. The second-order valence-corrected chi connectivity index (χ2v) is 3.17. The highest BCUT2D eigenvalue weighted by molar-refractivity contribution is 5.83. The van der Waals surface area contributed by atoms with Gasteiger partial charge in [-0.1, -0.05) is 0 Å². The number of carboxylic acids is 1. The van der Waals surface area contributed by atoms with E-state index in [0.29, 0.717) is 6.54 Å². The lowest BCUT2D eigenvalue weighted by Gasteiger charge is -2.16. The third-order valence-electron chi connectivity index (χ3n) is 1.58. The Morgan fingerprint density at radius 3 is 2.17 bits per heavy atom. The van der Waals surface area contributed by atoms with Crippen molar-refractivity contribution in [3.8, 4) is 0 Å². The second kappa shape index (κ2) is 4.87. The molecule has 0 aromatic carbocycles. The Balaban J connectivity index is 4.04. The Bertz CT molecular complexity index is 177. The zero-order valence-corrected chi connectivity index (χ0v) is 7.70. The first-order valence-corrected chi connectivity index (χ1v) is 3.80. The molecule has 1 unspecified atom stereocenters. The Hall–Kier alpha value is -0.900. The molecule has 0 radical (unpaired) electrons. The predicted molar refractivity (Wildman–Crippen MR) is 45.0 cm³/mol. The molecule has 0 aromatic heterocycles. The van der Waals surface area contributed by atoms with E-state index >= 15 is 0 Å². The predicted octanol–water partition coefficient (Wildman–Crippen LogP) is 0.228. The van der Waals surface area contributed by atoms with Crippen LogP contribution in [-0.2, 0) is 9.59 Å². The van der Waals surface area contributed by atoms with Gasteiger partial charge in [-0.05, 0) is 21.0 Å². The van der Waals surface area contributed by atoms with Gasteiger partial charge in [0.1, 0.15) is 5.78 Å². The number of hydrogen-bond donors (Lipinski definition) is 1. The maximum absolute atomic E-state index is 10.9. The molecule has 0 rings (SSSR count). The molecule has 70 valence electrons. The van der Waals surface area contributed by atoms with E-state index in [1.54, 1.807) is 0 Å². The Morgan fingerprint density at radius 2 is 1.92 bits per heavy atom. The summed E-state index contributed by atoms with van der Waals surface area (Å²) in [6, 6.07) is 0. The van der Waals surface area contributed by atoms with E-state index in [1.807, 2.05) is 19.0 Å². The number of carbonyl (C=O) groups excluding carboxylic acids is 1. The minimum atomic E-state index is -0.919. The smallest absolute Gasteiger partial charge is 0.304 e. The Morgan fingerprint density at radius 1 is 1.42 bits per heavy atom. The van der Waals surface area contributed by atoms with Gasteiger partial charge in [0.15, 0.2) is 0 Å². The van der Waals surface area contributed by atoms with Crippen molar-refractivity contribution in [2.45, 2.75) is 13.3 Å². The number of Topliss-reactive ketones (excluding diaryl/α,β-unsaturated/α-hetero) is 1. The Kier molecular flexibility index (Phi) is 4.51. The van der Waals surface area contributed by atoms with Gasteiger partial charge in [-0.15, -0.1) is 0 Å².